The first-order chi connectivity index (χ1) is 14.3. The minimum atomic E-state index is -0.642. The number of halogens is 3. The van der Waals surface area contributed by atoms with Crippen LogP contribution in [0.5, 0.6) is 0 Å². The third-order valence-electron chi connectivity index (χ3n) is 4.50. The van der Waals surface area contributed by atoms with Gasteiger partial charge in [-0.05, 0) is 49.7 Å². The molecule has 30 heavy (non-hydrogen) atoms. The third kappa shape index (κ3) is 7.38. The van der Waals surface area contributed by atoms with Crippen molar-refractivity contribution in [3.63, 3.8) is 0 Å². The molecule has 0 aliphatic heterocycles. The second kappa shape index (κ2) is 12.5. The molecule has 0 bridgehead atoms. The number of hydrogen-bond donors (Lipinski definition) is 1. The fourth-order valence-corrected chi connectivity index (χ4v) is 4.25. The molecule has 162 valence electrons. The maximum Gasteiger partial charge on any atom is 0.242 e. The number of rotatable bonds is 10. The van der Waals surface area contributed by atoms with Gasteiger partial charge in [0, 0.05) is 50.8 Å². The number of benzene rings is 2. The molecule has 1 atom stereocenters. The van der Waals surface area contributed by atoms with Gasteiger partial charge in [0.15, 0.2) is 0 Å². The van der Waals surface area contributed by atoms with E-state index in [1.165, 1.54) is 0 Å². The number of carbonyl (C=O) groups is 2. The van der Waals surface area contributed by atoms with Crippen LogP contribution < -0.4 is 5.32 Å². The van der Waals surface area contributed by atoms with E-state index in [0.717, 1.165) is 11.3 Å². The van der Waals surface area contributed by atoms with E-state index in [2.05, 4.69) is 5.32 Å². The van der Waals surface area contributed by atoms with Crippen molar-refractivity contribution in [3.05, 3.63) is 63.1 Å². The van der Waals surface area contributed by atoms with Crippen LogP contribution in [-0.2, 0) is 16.1 Å². The lowest BCUT2D eigenvalue weighted by Gasteiger charge is -2.29. The third-order valence-corrected chi connectivity index (χ3v) is 6.48. The van der Waals surface area contributed by atoms with E-state index in [0.29, 0.717) is 32.9 Å². The zero-order valence-corrected chi connectivity index (χ0v) is 20.0. The van der Waals surface area contributed by atoms with Crippen LogP contribution in [0.4, 0.5) is 0 Å². The molecule has 8 heteroatoms. The fraction of sp³-hybridized carbons (Fsp3) is 0.364. The van der Waals surface area contributed by atoms with Crippen molar-refractivity contribution in [2.24, 2.45) is 0 Å². The van der Waals surface area contributed by atoms with Crippen molar-refractivity contribution in [3.8, 4) is 0 Å². The van der Waals surface area contributed by atoms with Crippen molar-refractivity contribution in [2.45, 2.75) is 44.2 Å². The molecule has 1 N–H and O–H groups in total. The van der Waals surface area contributed by atoms with E-state index in [-0.39, 0.29) is 24.8 Å². The predicted molar refractivity (Wildman–Crippen MR) is 127 cm³/mol. The van der Waals surface area contributed by atoms with Crippen LogP contribution >= 0.6 is 46.6 Å². The zero-order chi connectivity index (χ0) is 22.1. The van der Waals surface area contributed by atoms with Crippen LogP contribution in [-0.4, -0.2) is 35.1 Å². The summed E-state index contributed by atoms with van der Waals surface area (Å²) in [6, 6.07) is 12.0. The number of nitrogens with one attached hydrogen (secondary N) is 1. The standard InChI is InChI=1S/C22H25Cl3N2O2S/c1-3-12-26-22(29)15(2)27(14-18-19(24)5-4-6-20(18)25)21(28)11-13-30-17-9-7-16(23)8-10-17/h4-10,15H,3,11-14H2,1-2H3,(H,26,29)/t15-/m1/s1. The van der Waals surface area contributed by atoms with Crippen LogP contribution in [0.3, 0.4) is 0 Å². The maximum absolute atomic E-state index is 13.1. The van der Waals surface area contributed by atoms with Gasteiger partial charge in [0.05, 0.1) is 0 Å². The van der Waals surface area contributed by atoms with Gasteiger partial charge < -0.3 is 10.2 Å². The summed E-state index contributed by atoms with van der Waals surface area (Å²) in [5, 5.41) is 4.46. The molecule has 0 aromatic heterocycles. The first kappa shape index (κ1) is 24.9. The molecule has 0 radical (unpaired) electrons. The summed E-state index contributed by atoms with van der Waals surface area (Å²) >= 11 is 20.1. The van der Waals surface area contributed by atoms with Gasteiger partial charge in [-0.15, -0.1) is 11.8 Å². The Morgan fingerprint density at radius 2 is 1.70 bits per heavy atom. The Bertz CT molecular complexity index is 842. The van der Waals surface area contributed by atoms with Gasteiger partial charge in [-0.25, -0.2) is 0 Å². The van der Waals surface area contributed by atoms with E-state index in [9.17, 15) is 9.59 Å². The van der Waals surface area contributed by atoms with Gasteiger partial charge in [-0.2, -0.15) is 0 Å². The van der Waals surface area contributed by atoms with Crippen molar-refractivity contribution in [1.29, 1.82) is 0 Å². The van der Waals surface area contributed by atoms with E-state index in [1.54, 1.807) is 41.8 Å². The summed E-state index contributed by atoms with van der Waals surface area (Å²) in [5.74, 6) is 0.251. The van der Waals surface area contributed by atoms with Crippen molar-refractivity contribution in [1.82, 2.24) is 10.2 Å². The highest BCUT2D eigenvalue weighted by Gasteiger charge is 2.27. The lowest BCUT2D eigenvalue weighted by atomic mass is 10.1. The minimum Gasteiger partial charge on any atom is -0.354 e. The van der Waals surface area contributed by atoms with Crippen LogP contribution in [0, 0.1) is 0 Å². The topological polar surface area (TPSA) is 49.4 Å². The number of carbonyl (C=O) groups excluding carboxylic acids is 2. The van der Waals surface area contributed by atoms with Gasteiger partial charge in [0.1, 0.15) is 6.04 Å². The Morgan fingerprint density at radius 3 is 2.30 bits per heavy atom. The molecule has 0 heterocycles. The molecule has 4 nitrogen and oxygen atoms in total. The number of hydrogen-bond acceptors (Lipinski definition) is 3. The van der Waals surface area contributed by atoms with E-state index >= 15 is 0 Å². The molecule has 0 spiro atoms. The first-order valence-corrected chi connectivity index (χ1v) is 11.8. The quantitative estimate of drug-likeness (QED) is 0.414. The Hall–Kier alpha value is -1.40. The molecular formula is C22H25Cl3N2O2S. The highest BCUT2D eigenvalue weighted by atomic mass is 35.5. The highest BCUT2D eigenvalue weighted by molar-refractivity contribution is 7.99. The Kier molecular flexibility index (Phi) is 10.3. The van der Waals surface area contributed by atoms with Crippen LogP contribution in [0.25, 0.3) is 0 Å². The predicted octanol–water partition coefficient (Wildman–Crippen LogP) is 6.07. The maximum atomic E-state index is 13.1. The van der Waals surface area contributed by atoms with Gasteiger partial charge in [0.25, 0.3) is 0 Å². The second-order valence-electron chi connectivity index (χ2n) is 6.74. The van der Waals surface area contributed by atoms with Crippen molar-refractivity contribution in [2.75, 3.05) is 12.3 Å². The Balaban J connectivity index is 2.11. The minimum absolute atomic E-state index is 0.133. The lowest BCUT2D eigenvalue weighted by Crippen LogP contribution is -2.47. The Morgan fingerprint density at radius 1 is 1.07 bits per heavy atom. The molecule has 2 aromatic carbocycles. The molecule has 0 aliphatic carbocycles. The van der Waals surface area contributed by atoms with Crippen LogP contribution in [0.15, 0.2) is 47.4 Å². The first-order valence-electron chi connectivity index (χ1n) is 9.72. The van der Waals surface area contributed by atoms with Crippen molar-refractivity contribution < 1.29 is 9.59 Å². The largest absolute Gasteiger partial charge is 0.354 e. The summed E-state index contributed by atoms with van der Waals surface area (Å²) < 4.78 is 0. The molecule has 0 saturated carbocycles. The number of nitrogens with zero attached hydrogens (tertiary/aromatic N) is 1. The normalized spacial score (nSPS) is 11.8. The molecule has 2 rings (SSSR count). The summed E-state index contributed by atoms with van der Waals surface area (Å²) in [7, 11) is 0. The molecule has 2 amide bonds. The summed E-state index contributed by atoms with van der Waals surface area (Å²) in [4.78, 5) is 28.2. The van der Waals surface area contributed by atoms with E-state index in [4.69, 9.17) is 34.8 Å². The van der Waals surface area contributed by atoms with E-state index in [1.807, 2.05) is 31.2 Å². The van der Waals surface area contributed by atoms with Gasteiger partial charge in [0.2, 0.25) is 11.8 Å². The Labute approximate surface area is 197 Å². The summed E-state index contributed by atoms with van der Waals surface area (Å²) in [6.45, 7) is 4.43. The molecule has 0 aliphatic rings. The van der Waals surface area contributed by atoms with Crippen LogP contribution in [0.1, 0.15) is 32.3 Å². The summed E-state index contributed by atoms with van der Waals surface area (Å²) in [6.07, 6.45) is 1.10. The van der Waals surface area contributed by atoms with Crippen molar-refractivity contribution >= 4 is 58.4 Å². The van der Waals surface area contributed by atoms with Crippen LogP contribution in [0.2, 0.25) is 15.1 Å². The van der Waals surface area contributed by atoms with Gasteiger partial charge >= 0.3 is 0 Å². The monoisotopic (exact) mass is 486 g/mol. The molecule has 0 unspecified atom stereocenters. The average Bonchev–Trinajstić information content (AvgIpc) is 2.72. The average molecular weight is 488 g/mol. The number of thioether (sulfide) groups is 1. The fourth-order valence-electron chi connectivity index (χ4n) is 2.76. The van der Waals surface area contributed by atoms with Gasteiger partial charge in [-0.3, -0.25) is 9.59 Å². The molecule has 0 saturated heterocycles. The molecule has 2 aromatic rings. The highest BCUT2D eigenvalue weighted by Crippen LogP contribution is 2.27. The lowest BCUT2D eigenvalue weighted by molar-refractivity contribution is -0.140. The smallest absolute Gasteiger partial charge is 0.242 e. The second-order valence-corrected chi connectivity index (χ2v) is 9.16. The van der Waals surface area contributed by atoms with E-state index < -0.39 is 6.04 Å². The summed E-state index contributed by atoms with van der Waals surface area (Å²) in [5.41, 5.74) is 0.634. The van der Waals surface area contributed by atoms with Gasteiger partial charge in [-0.1, -0.05) is 47.8 Å². The number of amides is 2. The SMILES string of the molecule is CCCNC(=O)[C@@H](C)N(Cc1c(Cl)cccc1Cl)C(=O)CCSc1ccc(Cl)cc1. The molecule has 0 fully saturated rings. The zero-order valence-electron chi connectivity index (χ0n) is 17.0. The molecular weight excluding hydrogens is 463 g/mol.